The van der Waals surface area contributed by atoms with Gasteiger partial charge in [0, 0.05) is 35.2 Å². The number of benzene rings is 1. The number of thiophene rings is 1. The predicted octanol–water partition coefficient (Wildman–Crippen LogP) is 4.34. The lowest BCUT2D eigenvalue weighted by atomic mass is 10.1. The predicted molar refractivity (Wildman–Crippen MR) is 140 cm³/mol. The molecule has 0 saturated carbocycles. The van der Waals surface area contributed by atoms with Crippen LogP contribution in [0.25, 0.3) is 38.1 Å². The molecule has 1 saturated heterocycles. The number of ether oxygens (including phenoxy) is 1. The molecular weight excluding hydrogens is 482 g/mol. The maximum absolute atomic E-state index is 12.0. The molecule has 35 heavy (non-hydrogen) atoms. The lowest BCUT2D eigenvalue weighted by Gasteiger charge is -2.28. The van der Waals surface area contributed by atoms with E-state index in [1.165, 1.54) is 6.26 Å². The zero-order valence-corrected chi connectivity index (χ0v) is 20.7. The van der Waals surface area contributed by atoms with Crippen LogP contribution in [0.3, 0.4) is 0 Å². The molecule has 1 N–H and O–H groups in total. The molecule has 0 bridgehead atoms. The van der Waals surface area contributed by atoms with Gasteiger partial charge in [-0.15, -0.1) is 11.3 Å². The minimum Gasteiger partial charge on any atom is -0.378 e. The largest absolute Gasteiger partial charge is 0.378 e. The first-order valence-electron chi connectivity index (χ1n) is 11.3. The minimum absolute atomic E-state index is 0.342. The van der Waals surface area contributed by atoms with Crippen LogP contribution < -0.4 is 4.90 Å². The van der Waals surface area contributed by atoms with E-state index in [1.807, 2.05) is 24.3 Å². The van der Waals surface area contributed by atoms with Crippen molar-refractivity contribution in [3.05, 3.63) is 64.5 Å². The van der Waals surface area contributed by atoms with Crippen molar-refractivity contribution in [2.24, 2.45) is 0 Å². The average molecular weight is 506 g/mol. The summed E-state index contributed by atoms with van der Waals surface area (Å²) in [5.74, 6) is 1.56. The van der Waals surface area contributed by atoms with Crippen molar-refractivity contribution in [1.29, 1.82) is 0 Å². The van der Waals surface area contributed by atoms with Crippen molar-refractivity contribution in [3.8, 4) is 11.4 Å². The number of aromatic nitrogens is 4. The van der Waals surface area contributed by atoms with Crippen LogP contribution in [0.1, 0.15) is 11.3 Å². The van der Waals surface area contributed by atoms with Crippen molar-refractivity contribution >= 4 is 53.7 Å². The molecule has 0 unspecified atom stereocenters. The molecule has 0 amide bonds. The monoisotopic (exact) mass is 505 g/mol. The number of fused-ring (bicyclic) bond motifs is 2. The Labute approximate surface area is 206 Å². The number of nitrogens with one attached hydrogen (secondary N) is 1. The van der Waals surface area contributed by atoms with Crippen molar-refractivity contribution < 1.29 is 13.2 Å². The summed E-state index contributed by atoms with van der Waals surface area (Å²) in [7, 11) is -3.25. The van der Waals surface area contributed by atoms with Gasteiger partial charge in [-0.3, -0.25) is 5.10 Å². The van der Waals surface area contributed by atoms with Gasteiger partial charge in [0.1, 0.15) is 0 Å². The Bertz CT molecular complexity index is 1640. The topological polar surface area (TPSA) is 101 Å². The molecule has 4 aromatic rings. The Morgan fingerprint density at radius 2 is 2.03 bits per heavy atom. The lowest BCUT2D eigenvalue weighted by Crippen LogP contribution is -2.36. The van der Waals surface area contributed by atoms with Gasteiger partial charge in [-0.25, -0.2) is 18.4 Å². The quantitative estimate of drug-likeness (QED) is 0.440. The molecule has 6 rings (SSSR count). The number of allylic oxidation sites excluding steroid dienone is 5. The molecule has 0 atom stereocenters. The van der Waals surface area contributed by atoms with E-state index in [2.05, 4.69) is 21.2 Å². The Balaban J connectivity index is 1.49. The summed E-state index contributed by atoms with van der Waals surface area (Å²) in [5, 5.41) is 8.19. The highest BCUT2D eigenvalue weighted by Gasteiger charge is 2.22. The summed E-state index contributed by atoms with van der Waals surface area (Å²) in [4.78, 5) is 13.7. The van der Waals surface area contributed by atoms with Gasteiger partial charge in [0.05, 0.1) is 40.0 Å². The first-order chi connectivity index (χ1) is 17.0. The summed E-state index contributed by atoms with van der Waals surface area (Å²) in [6, 6.07) is 8.07. The van der Waals surface area contributed by atoms with Crippen LogP contribution in [-0.4, -0.2) is 61.1 Å². The first kappa shape index (κ1) is 22.1. The number of hydrogen-bond donors (Lipinski definition) is 1. The van der Waals surface area contributed by atoms with Crippen LogP contribution in [0.4, 0.5) is 5.82 Å². The number of aromatic amines is 1. The summed E-state index contributed by atoms with van der Waals surface area (Å²) in [6.07, 6.45) is 10.8. The molecule has 1 aliphatic carbocycles. The van der Waals surface area contributed by atoms with Crippen molar-refractivity contribution in [2.45, 2.75) is 6.42 Å². The molecule has 2 aliphatic rings. The Kier molecular flexibility index (Phi) is 5.51. The Hall–Kier alpha value is -3.34. The lowest BCUT2D eigenvalue weighted by molar-refractivity contribution is 0.122. The second-order valence-corrected chi connectivity index (χ2v) is 11.6. The van der Waals surface area contributed by atoms with Gasteiger partial charge < -0.3 is 9.64 Å². The number of H-pyrrole nitrogens is 1. The third-order valence-electron chi connectivity index (χ3n) is 6.22. The van der Waals surface area contributed by atoms with Gasteiger partial charge in [-0.2, -0.15) is 5.10 Å². The van der Waals surface area contributed by atoms with Gasteiger partial charge in [0.15, 0.2) is 21.5 Å². The zero-order valence-electron chi connectivity index (χ0n) is 19.1. The van der Waals surface area contributed by atoms with E-state index in [1.54, 1.807) is 35.8 Å². The molecule has 178 valence electrons. The maximum atomic E-state index is 12.0. The fraction of sp³-hybridized carbons (Fsp3) is 0.240. The van der Waals surface area contributed by atoms with Crippen LogP contribution in [0.2, 0.25) is 0 Å². The summed E-state index contributed by atoms with van der Waals surface area (Å²) < 4.78 is 30.6. The standard InChI is InChI=1S/C25H23N5O3S2/c1-35(31,32)17-5-2-4-16(8-9-17)22-14-21-23(34-22)25(30-10-12-33-13-11-30)28-24(27-21)18-6-3-7-20-19(18)15-26-29-20/h2-7,9,14-15H,8,10-13H2,1H3,(H,26,29). The van der Waals surface area contributed by atoms with Crippen LogP contribution >= 0.6 is 11.3 Å². The highest BCUT2D eigenvalue weighted by Crippen LogP contribution is 2.39. The highest BCUT2D eigenvalue weighted by atomic mass is 32.2. The molecule has 4 heterocycles. The molecular formula is C25H23N5O3S2. The van der Waals surface area contributed by atoms with E-state index >= 15 is 0 Å². The second-order valence-electron chi connectivity index (χ2n) is 8.57. The first-order valence-corrected chi connectivity index (χ1v) is 14.0. The average Bonchev–Trinajstić information content (AvgIpc) is 3.43. The van der Waals surface area contributed by atoms with Gasteiger partial charge in [0.25, 0.3) is 0 Å². The van der Waals surface area contributed by atoms with E-state index < -0.39 is 9.84 Å². The second kappa shape index (κ2) is 8.71. The molecule has 3 aromatic heterocycles. The van der Waals surface area contributed by atoms with E-state index in [9.17, 15) is 8.42 Å². The van der Waals surface area contributed by atoms with E-state index in [0.717, 1.165) is 56.0 Å². The van der Waals surface area contributed by atoms with Crippen molar-refractivity contribution in [1.82, 2.24) is 20.2 Å². The minimum atomic E-state index is -3.25. The molecule has 1 aromatic carbocycles. The fourth-order valence-corrected chi connectivity index (χ4v) is 6.27. The number of rotatable bonds is 4. The third-order valence-corrected chi connectivity index (χ3v) is 8.57. The van der Waals surface area contributed by atoms with Crippen LogP contribution in [0, 0.1) is 0 Å². The van der Waals surface area contributed by atoms with Gasteiger partial charge in [0.2, 0.25) is 0 Å². The molecule has 1 aliphatic heterocycles. The fourth-order valence-electron chi connectivity index (χ4n) is 4.41. The molecule has 0 radical (unpaired) electrons. The Morgan fingerprint density at radius 1 is 1.17 bits per heavy atom. The maximum Gasteiger partial charge on any atom is 0.175 e. The van der Waals surface area contributed by atoms with Gasteiger partial charge >= 0.3 is 0 Å². The molecule has 1 fully saturated rings. The van der Waals surface area contributed by atoms with Crippen molar-refractivity contribution in [3.63, 3.8) is 0 Å². The zero-order chi connectivity index (χ0) is 24.0. The number of sulfone groups is 1. The SMILES string of the molecule is CS(=O)(=O)C1=CCC(c2cc3nc(-c4cccc5[nH]ncc45)nc(N4CCOCC4)c3s2)=CC=C1. The van der Waals surface area contributed by atoms with Gasteiger partial charge in [-0.1, -0.05) is 30.4 Å². The third kappa shape index (κ3) is 4.18. The summed E-state index contributed by atoms with van der Waals surface area (Å²) in [5.41, 5.74) is 3.79. The van der Waals surface area contributed by atoms with E-state index in [-0.39, 0.29) is 0 Å². The number of nitrogens with zero attached hydrogens (tertiary/aromatic N) is 4. The van der Waals surface area contributed by atoms with E-state index in [0.29, 0.717) is 30.4 Å². The number of hydrogen-bond acceptors (Lipinski definition) is 8. The smallest absolute Gasteiger partial charge is 0.175 e. The molecule has 8 nitrogen and oxygen atoms in total. The van der Waals surface area contributed by atoms with Crippen LogP contribution in [0.15, 0.2) is 59.7 Å². The van der Waals surface area contributed by atoms with E-state index in [4.69, 9.17) is 14.7 Å². The normalized spacial score (nSPS) is 17.0. The van der Waals surface area contributed by atoms with Crippen LogP contribution in [0.5, 0.6) is 0 Å². The summed E-state index contributed by atoms with van der Waals surface area (Å²) in [6.45, 7) is 2.85. The summed E-state index contributed by atoms with van der Waals surface area (Å²) >= 11 is 1.64. The number of morpholine rings is 1. The molecule has 10 heteroatoms. The van der Waals surface area contributed by atoms with Gasteiger partial charge in [-0.05, 0) is 30.2 Å². The van der Waals surface area contributed by atoms with Crippen molar-refractivity contribution in [2.75, 3.05) is 37.5 Å². The molecule has 0 spiro atoms. The Morgan fingerprint density at radius 3 is 2.86 bits per heavy atom. The van der Waals surface area contributed by atoms with Crippen LogP contribution in [-0.2, 0) is 14.6 Å². The number of anilines is 1. The highest BCUT2D eigenvalue weighted by molar-refractivity contribution is 7.94.